The fraction of sp³-hybridized carbons (Fsp3) is 0.636. The first kappa shape index (κ1) is 11.0. The molecule has 0 aromatic rings. The SMILES string of the molecule is CCCNC1=[C]COC=C1NCCC. The molecule has 0 amide bonds. The van der Waals surface area contributed by atoms with Gasteiger partial charge in [-0.15, -0.1) is 0 Å². The van der Waals surface area contributed by atoms with Crippen molar-refractivity contribution in [3.63, 3.8) is 0 Å². The molecule has 1 aliphatic heterocycles. The van der Waals surface area contributed by atoms with Crippen molar-refractivity contribution in [2.24, 2.45) is 0 Å². The highest BCUT2D eigenvalue weighted by Gasteiger charge is 2.08. The highest BCUT2D eigenvalue weighted by molar-refractivity contribution is 5.26. The number of hydrogen-bond acceptors (Lipinski definition) is 3. The van der Waals surface area contributed by atoms with Gasteiger partial charge in [0.1, 0.15) is 12.9 Å². The summed E-state index contributed by atoms with van der Waals surface area (Å²) in [5.41, 5.74) is 2.07. The van der Waals surface area contributed by atoms with E-state index < -0.39 is 0 Å². The number of nitrogens with one attached hydrogen (secondary N) is 2. The molecule has 0 bridgehead atoms. The van der Waals surface area contributed by atoms with Crippen LogP contribution < -0.4 is 10.6 Å². The van der Waals surface area contributed by atoms with Crippen molar-refractivity contribution < 1.29 is 4.74 Å². The zero-order valence-electron chi connectivity index (χ0n) is 9.02. The predicted octanol–water partition coefficient (Wildman–Crippen LogP) is 1.54. The lowest BCUT2D eigenvalue weighted by molar-refractivity contribution is 0.270. The van der Waals surface area contributed by atoms with Gasteiger partial charge in [-0.25, -0.2) is 0 Å². The van der Waals surface area contributed by atoms with Crippen molar-refractivity contribution in [3.05, 3.63) is 23.7 Å². The summed E-state index contributed by atoms with van der Waals surface area (Å²) < 4.78 is 5.19. The minimum absolute atomic E-state index is 0.545. The van der Waals surface area contributed by atoms with Gasteiger partial charge >= 0.3 is 0 Å². The van der Waals surface area contributed by atoms with Crippen LogP contribution in [-0.4, -0.2) is 19.7 Å². The molecule has 3 nitrogen and oxygen atoms in total. The van der Waals surface area contributed by atoms with E-state index in [0.717, 1.165) is 37.3 Å². The molecule has 1 heterocycles. The third kappa shape index (κ3) is 3.32. The summed E-state index contributed by atoms with van der Waals surface area (Å²) >= 11 is 0. The lowest BCUT2D eigenvalue weighted by atomic mass is 10.2. The van der Waals surface area contributed by atoms with E-state index >= 15 is 0 Å². The Hall–Kier alpha value is -1.12. The molecule has 3 heteroatoms. The molecule has 0 aliphatic carbocycles. The van der Waals surface area contributed by atoms with Gasteiger partial charge in [-0.3, -0.25) is 0 Å². The Morgan fingerprint density at radius 1 is 1.29 bits per heavy atom. The molecule has 0 saturated carbocycles. The fourth-order valence-electron chi connectivity index (χ4n) is 1.19. The minimum atomic E-state index is 0.545. The van der Waals surface area contributed by atoms with Crippen LogP contribution in [0.25, 0.3) is 0 Å². The minimum Gasteiger partial charge on any atom is -0.494 e. The van der Waals surface area contributed by atoms with Crippen LogP contribution in [0.1, 0.15) is 26.7 Å². The summed E-state index contributed by atoms with van der Waals surface area (Å²) in [7, 11) is 0. The average Bonchev–Trinajstić information content (AvgIpc) is 2.24. The Bertz CT molecular complexity index is 197. The van der Waals surface area contributed by atoms with E-state index in [-0.39, 0.29) is 0 Å². The Kier molecular flexibility index (Phi) is 4.97. The first-order chi connectivity index (χ1) is 6.88. The van der Waals surface area contributed by atoms with Crippen molar-refractivity contribution >= 4 is 0 Å². The number of ether oxygens (including phenoxy) is 1. The van der Waals surface area contributed by atoms with Crippen molar-refractivity contribution in [1.29, 1.82) is 0 Å². The maximum absolute atomic E-state index is 5.19. The Morgan fingerprint density at radius 3 is 2.71 bits per heavy atom. The van der Waals surface area contributed by atoms with Crippen molar-refractivity contribution in [2.75, 3.05) is 19.7 Å². The molecule has 1 rings (SSSR count). The molecular weight excluding hydrogens is 176 g/mol. The third-order valence-corrected chi connectivity index (χ3v) is 1.92. The summed E-state index contributed by atoms with van der Waals surface area (Å²) in [6, 6.07) is 0. The standard InChI is InChI=1S/C11H19N2O/c1-3-6-12-10-5-8-14-9-11(10)13-7-4-2/h9,12-13H,3-4,6-8H2,1-2H3. The second-order valence-corrected chi connectivity index (χ2v) is 3.25. The van der Waals surface area contributed by atoms with Gasteiger partial charge in [-0.2, -0.15) is 0 Å². The van der Waals surface area contributed by atoms with Gasteiger partial charge in [0.15, 0.2) is 0 Å². The molecular formula is C11H19N2O. The summed E-state index contributed by atoms with van der Waals surface area (Å²) in [6.45, 7) is 6.78. The lowest BCUT2D eigenvalue weighted by Crippen LogP contribution is -2.27. The molecule has 2 N–H and O–H groups in total. The predicted molar refractivity (Wildman–Crippen MR) is 57.4 cm³/mol. The topological polar surface area (TPSA) is 33.3 Å². The van der Waals surface area contributed by atoms with E-state index in [4.69, 9.17) is 4.74 Å². The van der Waals surface area contributed by atoms with Crippen LogP contribution in [0.2, 0.25) is 0 Å². The van der Waals surface area contributed by atoms with Crippen LogP contribution in [0.15, 0.2) is 17.7 Å². The Labute approximate surface area is 86.2 Å². The zero-order chi connectivity index (χ0) is 10.2. The summed E-state index contributed by atoms with van der Waals surface area (Å²) in [5, 5.41) is 6.63. The van der Waals surface area contributed by atoms with Crippen molar-refractivity contribution in [3.8, 4) is 0 Å². The highest BCUT2D eigenvalue weighted by atomic mass is 16.5. The van der Waals surface area contributed by atoms with Gasteiger partial charge in [0, 0.05) is 19.2 Å². The summed E-state index contributed by atoms with van der Waals surface area (Å²) in [4.78, 5) is 0. The van der Waals surface area contributed by atoms with Gasteiger partial charge in [-0.05, 0) is 12.8 Å². The fourth-order valence-corrected chi connectivity index (χ4v) is 1.19. The second kappa shape index (κ2) is 6.35. The molecule has 0 atom stereocenters. The van der Waals surface area contributed by atoms with E-state index in [1.54, 1.807) is 6.26 Å². The van der Waals surface area contributed by atoms with E-state index in [2.05, 4.69) is 30.6 Å². The van der Waals surface area contributed by atoms with Gasteiger partial charge < -0.3 is 15.4 Å². The molecule has 1 aliphatic rings. The average molecular weight is 195 g/mol. The van der Waals surface area contributed by atoms with Crippen molar-refractivity contribution in [2.45, 2.75) is 26.7 Å². The highest BCUT2D eigenvalue weighted by Crippen LogP contribution is 2.08. The van der Waals surface area contributed by atoms with Gasteiger partial charge in [0.2, 0.25) is 0 Å². The van der Waals surface area contributed by atoms with E-state index in [1.165, 1.54) is 0 Å². The largest absolute Gasteiger partial charge is 0.494 e. The van der Waals surface area contributed by atoms with E-state index in [9.17, 15) is 0 Å². The maximum Gasteiger partial charge on any atom is 0.115 e. The molecule has 0 aromatic carbocycles. The normalized spacial score (nSPS) is 15.3. The van der Waals surface area contributed by atoms with Crippen LogP contribution in [0.3, 0.4) is 0 Å². The van der Waals surface area contributed by atoms with E-state index in [0.29, 0.717) is 6.61 Å². The molecule has 14 heavy (non-hydrogen) atoms. The third-order valence-electron chi connectivity index (χ3n) is 1.92. The lowest BCUT2D eigenvalue weighted by Gasteiger charge is -2.18. The van der Waals surface area contributed by atoms with Gasteiger partial charge in [-0.1, -0.05) is 13.8 Å². The molecule has 0 saturated heterocycles. The summed E-state index contributed by atoms with van der Waals surface area (Å²) in [5.74, 6) is 0. The van der Waals surface area contributed by atoms with Crippen LogP contribution >= 0.6 is 0 Å². The smallest absolute Gasteiger partial charge is 0.115 e. The van der Waals surface area contributed by atoms with Crippen LogP contribution in [0.4, 0.5) is 0 Å². The molecule has 1 radical (unpaired) electrons. The van der Waals surface area contributed by atoms with Gasteiger partial charge in [0.25, 0.3) is 0 Å². The second-order valence-electron chi connectivity index (χ2n) is 3.25. The van der Waals surface area contributed by atoms with Crippen molar-refractivity contribution in [1.82, 2.24) is 10.6 Å². The molecule has 0 unspecified atom stereocenters. The van der Waals surface area contributed by atoms with Crippen LogP contribution in [-0.2, 0) is 4.74 Å². The number of rotatable bonds is 6. The maximum atomic E-state index is 5.19. The Balaban J connectivity index is 2.44. The van der Waals surface area contributed by atoms with E-state index in [1.807, 2.05) is 0 Å². The first-order valence-electron chi connectivity index (χ1n) is 5.29. The first-order valence-corrected chi connectivity index (χ1v) is 5.29. The van der Waals surface area contributed by atoms with Gasteiger partial charge in [0.05, 0.1) is 11.4 Å². The molecule has 79 valence electrons. The Morgan fingerprint density at radius 2 is 2.00 bits per heavy atom. The molecule has 0 fully saturated rings. The molecule has 0 aromatic heterocycles. The quantitative estimate of drug-likeness (QED) is 0.674. The monoisotopic (exact) mass is 195 g/mol. The zero-order valence-corrected chi connectivity index (χ0v) is 9.02. The number of hydrogen-bond donors (Lipinski definition) is 2. The van der Waals surface area contributed by atoms with Crippen LogP contribution in [0, 0.1) is 6.08 Å². The van der Waals surface area contributed by atoms with Crippen LogP contribution in [0.5, 0.6) is 0 Å². The summed E-state index contributed by atoms with van der Waals surface area (Å²) in [6.07, 6.45) is 7.16. The molecule has 0 spiro atoms.